The van der Waals surface area contributed by atoms with E-state index in [2.05, 4.69) is 15.5 Å². The molecule has 8 heteroatoms. The average Bonchev–Trinajstić information content (AvgIpc) is 3.18. The molecule has 0 radical (unpaired) electrons. The summed E-state index contributed by atoms with van der Waals surface area (Å²) in [6.07, 6.45) is 0. The SMILES string of the molecule is CC(C)(C)C(=O)Nc1nnc(SCC(=O)c2ccc(OCc3ccccc3)cc2)s1. The van der Waals surface area contributed by atoms with Crippen molar-refractivity contribution in [3.8, 4) is 5.75 Å². The van der Waals surface area contributed by atoms with Gasteiger partial charge in [-0.1, -0.05) is 74.2 Å². The lowest BCUT2D eigenvalue weighted by atomic mass is 9.96. The molecule has 156 valence electrons. The minimum atomic E-state index is -0.508. The van der Waals surface area contributed by atoms with Crippen LogP contribution in [0.1, 0.15) is 36.7 Å². The van der Waals surface area contributed by atoms with Gasteiger partial charge in [-0.15, -0.1) is 10.2 Å². The van der Waals surface area contributed by atoms with Crippen molar-refractivity contribution in [2.75, 3.05) is 11.1 Å². The van der Waals surface area contributed by atoms with Gasteiger partial charge in [-0.25, -0.2) is 0 Å². The molecule has 0 aliphatic heterocycles. The van der Waals surface area contributed by atoms with Crippen molar-refractivity contribution in [2.24, 2.45) is 5.41 Å². The number of Topliss-reactive ketones (excluding diaryl/α,β-unsaturated/α-hetero) is 1. The van der Waals surface area contributed by atoms with Crippen molar-refractivity contribution in [1.29, 1.82) is 0 Å². The highest BCUT2D eigenvalue weighted by Gasteiger charge is 2.22. The van der Waals surface area contributed by atoms with Gasteiger partial charge in [0.1, 0.15) is 12.4 Å². The smallest absolute Gasteiger partial charge is 0.231 e. The number of ether oxygens (including phenoxy) is 1. The normalized spacial score (nSPS) is 11.2. The van der Waals surface area contributed by atoms with Crippen LogP contribution in [0.4, 0.5) is 5.13 Å². The van der Waals surface area contributed by atoms with Gasteiger partial charge in [0.25, 0.3) is 0 Å². The van der Waals surface area contributed by atoms with Crippen molar-refractivity contribution in [2.45, 2.75) is 31.7 Å². The first-order valence-corrected chi connectivity index (χ1v) is 11.2. The molecule has 3 aromatic rings. The first-order chi connectivity index (χ1) is 14.3. The summed E-state index contributed by atoms with van der Waals surface area (Å²) in [6.45, 7) is 5.97. The van der Waals surface area contributed by atoms with E-state index in [4.69, 9.17) is 4.74 Å². The highest BCUT2D eigenvalue weighted by molar-refractivity contribution is 8.01. The highest BCUT2D eigenvalue weighted by Crippen LogP contribution is 2.27. The molecule has 0 saturated carbocycles. The largest absolute Gasteiger partial charge is 0.489 e. The topological polar surface area (TPSA) is 81.2 Å². The zero-order chi connectivity index (χ0) is 21.6. The maximum atomic E-state index is 12.4. The van der Waals surface area contributed by atoms with Crippen LogP contribution in [0.25, 0.3) is 0 Å². The summed E-state index contributed by atoms with van der Waals surface area (Å²) in [5.41, 5.74) is 1.19. The predicted octanol–water partition coefficient (Wildman–Crippen LogP) is 5.08. The minimum absolute atomic E-state index is 0.00918. The van der Waals surface area contributed by atoms with E-state index < -0.39 is 5.41 Å². The van der Waals surface area contributed by atoms with Crippen molar-refractivity contribution in [3.05, 3.63) is 65.7 Å². The van der Waals surface area contributed by atoms with Crippen LogP contribution < -0.4 is 10.1 Å². The number of benzene rings is 2. The second kappa shape index (κ2) is 9.86. The number of aromatic nitrogens is 2. The van der Waals surface area contributed by atoms with E-state index in [0.717, 1.165) is 5.56 Å². The molecule has 1 aromatic heterocycles. The number of hydrogen-bond acceptors (Lipinski definition) is 7. The summed E-state index contributed by atoms with van der Waals surface area (Å²) in [7, 11) is 0. The van der Waals surface area contributed by atoms with E-state index >= 15 is 0 Å². The summed E-state index contributed by atoms with van der Waals surface area (Å²) < 4.78 is 6.38. The molecule has 6 nitrogen and oxygen atoms in total. The van der Waals surface area contributed by atoms with Gasteiger partial charge in [-0.3, -0.25) is 9.59 Å². The Kier molecular flexibility index (Phi) is 7.23. The number of thioether (sulfide) groups is 1. The third-order valence-electron chi connectivity index (χ3n) is 4.06. The maximum Gasteiger partial charge on any atom is 0.231 e. The third kappa shape index (κ3) is 6.40. The second-order valence-corrected chi connectivity index (χ2v) is 9.79. The summed E-state index contributed by atoms with van der Waals surface area (Å²) in [4.78, 5) is 24.5. The Hall–Kier alpha value is -2.71. The summed E-state index contributed by atoms with van der Waals surface area (Å²) in [6, 6.07) is 17.0. The van der Waals surface area contributed by atoms with Crippen molar-refractivity contribution < 1.29 is 14.3 Å². The monoisotopic (exact) mass is 441 g/mol. The summed E-state index contributed by atoms with van der Waals surface area (Å²) in [5.74, 6) is 0.823. The third-order valence-corrected chi connectivity index (χ3v) is 6.03. The molecular weight excluding hydrogens is 418 g/mol. The van der Waals surface area contributed by atoms with E-state index in [9.17, 15) is 9.59 Å². The molecule has 30 heavy (non-hydrogen) atoms. The van der Waals surface area contributed by atoms with Crippen LogP contribution in [0.5, 0.6) is 5.75 Å². The van der Waals surface area contributed by atoms with E-state index in [0.29, 0.717) is 27.4 Å². The molecule has 3 rings (SSSR count). The van der Waals surface area contributed by atoms with E-state index in [1.807, 2.05) is 51.1 Å². The fraction of sp³-hybridized carbons (Fsp3) is 0.273. The van der Waals surface area contributed by atoms with Crippen molar-refractivity contribution in [1.82, 2.24) is 10.2 Å². The maximum absolute atomic E-state index is 12.4. The van der Waals surface area contributed by atoms with Crippen LogP contribution in [-0.4, -0.2) is 27.6 Å². The lowest BCUT2D eigenvalue weighted by Crippen LogP contribution is -2.27. The number of anilines is 1. The number of carbonyl (C=O) groups is 2. The molecule has 1 heterocycles. The standard InChI is InChI=1S/C22H23N3O3S2/c1-22(2,3)19(27)23-20-24-25-21(30-20)29-14-18(26)16-9-11-17(12-10-16)28-13-15-7-5-4-6-8-15/h4-12H,13-14H2,1-3H3,(H,23,24,27). The van der Waals surface area contributed by atoms with Gasteiger partial charge in [-0.2, -0.15) is 0 Å². The number of hydrogen-bond donors (Lipinski definition) is 1. The highest BCUT2D eigenvalue weighted by atomic mass is 32.2. The molecule has 1 N–H and O–H groups in total. The lowest BCUT2D eigenvalue weighted by molar-refractivity contribution is -0.123. The molecule has 0 fully saturated rings. The van der Waals surface area contributed by atoms with Crippen molar-refractivity contribution >= 4 is 39.9 Å². The number of nitrogens with zero attached hydrogens (tertiary/aromatic N) is 2. The number of rotatable bonds is 8. The lowest BCUT2D eigenvalue weighted by Gasteiger charge is -2.15. The summed E-state index contributed by atoms with van der Waals surface area (Å²) >= 11 is 2.56. The van der Waals surface area contributed by atoms with Crippen LogP contribution in [0.15, 0.2) is 58.9 Å². The molecule has 2 aromatic carbocycles. The van der Waals surface area contributed by atoms with Gasteiger partial charge in [0, 0.05) is 11.0 Å². The van der Waals surface area contributed by atoms with Gasteiger partial charge in [0.2, 0.25) is 11.0 Å². The van der Waals surface area contributed by atoms with Gasteiger partial charge in [0.05, 0.1) is 5.75 Å². The van der Waals surface area contributed by atoms with E-state index in [1.165, 1.54) is 23.1 Å². The van der Waals surface area contributed by atoms with Gasteiger partial charge >= 0.3 is 0 Å². The van der Waals surface area contributed by atoms with Crippen LogP contribution in [0.3, 0.4) is 0 Å². The molecule has 0 saturated heterocycles. The zero-order valence-corrected chi connectivity index (χ0v) is 18.7. The number of nitrogens with one attached hydrogen (secondary N) is 1. The molecule has 1 amide bonds. The molecule has 0 spiro atoms. The first kappa shape index (κ1) is 22.0. The summed E-state index contributed by atoms with van der Waals surface area (Å²) in [5, 5.41) is 11.2. The van der Waals surface area contributed by atoms with Gasteiger partial charge < -0.3 is 10.1 Å². The van der Waals surface area contributed by atoms with Gasteiger partial charge in [0.15, 0.2) is 10.1 Å². The minimum Gasteiger partial charge on any atom is -0.489 e. The zero-order valence-electron chi connectivity index (χ0n) is 17.0. The second-order valence-electron chi connectivity index (χ2n) is 7.59. The van der Waals surface area contributed by atoms with Crippen LogP contribution in [-0.2, 0) is 11.4 Å². The predicted molar refractivity (Wildman–Crippen MR) is 120 cm³/mol. The van der Waals surface area contributed by atoms with Crippen LogP contribution in [0, 0.1) is 5.41 Å². The Balaban J connectivity index is 1.48. The molecule has 0 aliphatic rings. The number of carbonyl (C=O) groups excluding carboxylic acids is 2. The molecule has 0 aliphatic carbocycles. The number of ketones is 1. The molecule has 0 unspecified atom stereocenters. The molecule has 0 bridgehead atoms. The van der Waals surface area contributed by atoms with E-state index in [1.54, 1.807) is 24.3 Å². The Morgan fingerprint density at radius 1 is 1.03 bits per heavy atom. The van der Waals surface area contributed by atoms with Crippen molar-refractivity contribution in [3.63, 3.8) is 0 Å². The molecular formula is C22H23N3O3S2. The van der Waals surface area contributed by atoms with Gasteiger partial charge in [-0.05, 0) is 29.8 Å². The Morgan fingerprint density at radius 3 is 2.40 bits per heavy atom. The van der Waals surface area contributed by atoms with Crippen LogP contribution in [0.2, 0.25) is 0 Å². The Bertz CT molecular complexity index is 996. The van der Waals surface area contributed by atoms with Crippen LogP contribution >= 0.6 is 23.1 Å². The fourth-order valence-corrected chi connectivity index (χ4v) is 3.93. The Labute approximate surface area is 184 Å². The fourth-order valence-electron chi connectivity index (χ4n) is 2.29. The Morgan fingerprint density at radius 2 is 1.73 bits per heavy atom. The van der Waals surface area contributed by atoms with E-state index in [-0.39, 0.29) is 17.4 Å². The number of amides is 1. The average molecular weight is 442 g/mol. The first-order valence-electron chi connectivity index (χ1n) is 9.39. The quantitative estimate of drug-likeness (QED) is 0.298. The molecule has 0 atom stereocenters.